The quantitative estimate of drug-likeness (QED) is 0.598. The maximum Gasteiger partial charge on any atom is 0.230 e. The van der Waals surface area contributed by atoms with Gasteiger partial charge >= 0.3 is 0 Å². The van der Waals surface area contributed by atoms with Crippen molar-refractivity contribution in [2.45, 2.75) is 45.6 Å². The van der Waals surface area contributed by atoms with E-state index in [-0.39, 0.29) is 24.2 Å². The number of nitriles is 1. The maximum absolute atomic E-state index is 12.7. The van der Waals surface area contributed by atoms with Gasteiger partial charge in [-0.15, -0.1) is 11.3 Å². The number of aromatic amines is 1. The van der Waals surface area contributed by atoms with E-state index >= 15 is 0 Å². The van der Waals surface area contributed by atoms with E-state index in [4.69, 9.17) is 0 Å². The summed E-state index contributed by atoms with van der Waals surface area (Å²) in [6, 6.07) is 12.2. The number of H-pyrrole nitrogens is 1. The van der Waals surface area contributed by atoms with Gasteiger partial charge in [-0.05, 0) is 30.4 Å². The first kappa shape index (κ1) is 21.8. The van der Waals surface area contributed by atoms with E-state index in [1.165, 1.54) is 11.3 Å². The molecule has 0 spiro atoms. The number of hydrogen-bond acceptors (Lipinski definition) is 5. The van der Waals surface area contributed by atoms with E-state index in [2.05, 4.69) is 21.4 Å². The third-order valence-corrected chi connectivity index (χ3v) is 6.84. The molecule has 1 aromatic carbocycles. The van der Waals surface area contributed by atoms with Gasteiger partial charge < -0.3 is 15.2 Å². The zero-order chi connectivity index (χ0) is 22.7. The lowest BCUT2D eigenvalue weighted by Crippen LogP contribution is -2.36. The van der Waals surface area contributed by atoms with Gasteiger partial charge in [-0.25, -0.2) is 4.98 Å². The fraction of sp³-hybridized carbons (Fsp3) is 0.333. The van der Waals surface area contributed by atoms with Gasteiger partial charge in [0.2, 0.25) is 11.8 Å². The Bertz CT molecular complexity index is 1170. The van der Waals surface area contributed by atoms with Crippen molar-refractivity contribution in [3.8, 4) is 6.07 Å². The average molecular weight is 448 g/mol. The average Bonchev–Trinajstić information content (AvgIpc) is 3.35. The summed E-state index contributed by atoms with van der Waals surface area (Å²) in [5, 5.41) is 13.2. The summed E-state index contributed by atoms with van der Waals surface area (Å²) >= 11 is 1.40. The molecule has 3 heterocycles. The number of amides is 2. The van der Waals surface area contributed by atoms with Crippen LogP contribution >= 0.6 is 11.3 Å². The number of nitrogens with one attached hydrogen (secondary N) is 2. The molecule has 4 rings (SSSR count). The highest BCUT2D eigenvalue weighted by Crippen LogP contribution is 2.37. The molecule has 0 bridgehead atoms. The lowest BCUT2D eigenvalue weighted by molar-refractivity contribution is -0.131. The van der Waals surface area contributed by atoms with Crippen LogP contribution in [0, 0.1) is 18.3 Å². The third kappa shape index (κ3) is 4.73. The molecule has 1 unspecified atom stereocenters. The Kier molecular flexibility index (Phi) is 6.37. The number of aromatic nitrogens is 2. The Labute approximate surface area is 191 Å². The number of carbonyl (C=O) groups excluding carboxylic acids is 2. The summed E-state index contributed by atoms with van der Waals surface area (Å²) in [5.74, 6) is 0.620. The Morgan fingerprint density at radius 3 is 2.81 bits per heavy atom. The fourth-order valence-corrected chi connectivity index (χ4v) is 5.22. The van der Waals surface area contributed by atoms with Crippen LogP contribution in [0.2, 0.25) is 0 Å². The van der Waals surface area contributed by atoms with Crippen LogP contribution in [0.3, 0.4) is 0 Å². The highest BCUT2D eigenvalue weighted by atomic mass is 32.1. The molecule has 7 nitrogen and oxygen atoms in total. The van der Waals surface area contributed by atoms with E-state index < -0.39 is 0 Å². The fourth-order valence-electron chi connectivity index (χ4n) is 3.99. The number of nitrogens with zero attached hydrogens (tertiary/aromatic N) is 3. The molecular weight excluding hydrogens is 422 g/mol. The Morgan fingerprint density at radius 1 is 1.34 bits per heavy atom. The van der Waals surface area contributed by atoms with Gasteiger partial charge in [0.1, 0.15) is 16.9 Å². The van der Waals surface area contributed by atoms with E-state index in [1.54, 1.807) is 11.1 Å². The van der Waals surface area contributed by atoms with Gasteiger partial charge in [0, 0.05) is 29.7 Å². The molecule has 0 radical (unpaired) electrons. The molecule has 2 amide bonds. The first-order valence-corrected chi connectivity index (χ1v) is 11.4. The number of thiophene rings is 1. The predicted molar refractivity (Wildman–Crippen MR) is 123 cm³/mol. The third-order valence-electron chi connectivity index (χ3n) is 5.71. The summed E-state index contributed by atoms with van der Waals surface area (Å²) < 4.78 is 0. The molecule has 0 saturated carbocycles. The summed E-state index contributed by atoms with van der Waals surface area (Å²) in [6.45, 7) is 4.92. The lowest BCUT2D eigenvalue weighted by atomic mass is 9.97. The van der Waals surface area contributed by atoms with Crippen molar-refractivity contribution in [3.63, 3.8) is 0 Å². The number of imidazole rings is 1. The molecule has 1 aliphatic rings. The van der Waals surface area contributed by atoms with Crippen LogP contribution in [0.4, 0.5) is 5.00 Å². The largest absolute Gasteiger partial charge is 0.346 e. The van der Waals surface area contributed by atoms with Crippen LogP contribution in [-0.2, 0) is 29.0 Å². The Balaban J connectivity index is 1.43. The molecular formula is C24H25N5O2S. The van der Waals surface area contributed by atoms with Crippen molar-refractivity contribution >= 4 is 28.2 Å². The minimum atomic E-state index is -0.113. The number of fused-ring (bicyclic) bond motifs is 1. The summed E-state index contributed by atoms with van der Waals surface area (Å²) in [5.41, 5.74) is 3.50. The van der Waals surface area contributed by atoms with Crippen LogP contribution in [0.5, 0.6) is 0 Å². The zero-order valence-corrected chi connectivity index (χ0v) is 19.0. The zero-order valence-electron chi connectivity index (χ0n) is 18.1. The molecule has 32 heavy (non-hydrogen) atoms. The summed E-state index contributed by atoms with van der Waals surface area (Å²) in [6.07, 6.45) is 2.88. The predicted octanol–water partition coefficient (Wildman–Crippen LogP) is 3.91. The van der Waals surface area contributed by atoms with Crippen molar-refractivity contribution in [3.05, 3.63) is 69.6 Å². The van der Waals surface area contributed by atoms with Crippen molar-refractivity contribution in [1.29, 1.82) is 5.26 Å². The number of hydrogen-bond donors (Lipinski definition) is 2. The molecule has 1 atom stereocenters. The van der Waals surface area contributed by atoms with Crippen molar-refractivity contribution in [2.75, 3.05) is 11.9 Å². The van der Waals surface area contributed by atoms with Gasteiger partial charge in [0.25, 0.3) is 0 Å². The van der Waals surface area contributed by atoms with E-state index in [0.29, 0.717) is 42.3 Å². The standard InChI is InChI=1S/C24H25N5O2S/c1-15(17-6-4-3-5-7-17)10-22(30)28-24-19(12-25)18-8-9-29(14-20(18)32-24)23(31)11-21-26-13-16(2)27-21/h3-7,13,15H,8-11,14H2,1-2H3,(H,26,27)(H,28,30). The van der Waals surface area contributed by atoms with Gasteiger partial charge in [-0.3, -0.25) is 9.59 Å². The number of benzene rings is 1. The molecule has 2 aromatic heterocycles. The van der Waals surface area contributed by atoms with Crippen LogP contribution in [-0.4, -0.2) is 33.2 Å². The monoisotopic (exact) mass is 447 g/mol. The molecule has 2 N–H and O–H groups in total. The first-order chi connectivity index (χ1) is 15.4. The maximum atomic E-state index is 12.7. The molecule has 164 valence electrons. The van der Waals surface area contributed by atoms with Crippen molar-refractivity contribution < 1.29 is 9.59 Å². The van der Waals surface area contributed by atoms with Gasteiger partial charge in [-0.1, -0.05) is 37.3 Å². The van der Waals surface area contributed by atoms with Crippen molar-refractivity contribution in [2.24, 2.45) is 0 Å². The lowest BCUT2D eigenvalue weighted by Gasteiger charge is -2.26. The smallest absolute Gasteiger partial charge is 0.230 e. The molecule has 8 heteroatoms. The normalized spacial score (nSPS) is 13.8. The van der Waals surface area contributed by atoms with Crippen LogP contribution in [0.25, 0.3) is 0 Å². The molecule has 0 aliphatic carbocycles. The van der Waals surface area contributed by atoms with E-state index in [9.17, 15) is 14.9 Å². The SMILES string of the molecule is Cc1cnc(CC(=O)N2CCc3c(sc(NC(=O)CC(C)c4ccccc4)c3C#N)C2)[nH]1. The topological polar surface area (TPSA) is 102 Å². The Morgan fingerprint density at radius 2 is 2.12 bits per heavy atom. The van der Waals surface area contributed by atoms with E-state index in [1.807, 2.05) is 44.2 Å². The van der Waals surface area contributed by atoms with Crippen molar-refractivity contribution in [1.82, 2.24) is 14.9 Å². The minimum absolute atomic E-state index is 0.000760. The number of rotatable bonds is 6. The molecule has 0 fully saturated rings. The number of carbonyl (C=O) groups is 2. The Hall–Kier alpha value is -3.44. The summed E-state index contributed by atoms with van der Waals surface area (Å²) in [4.78, 5) is 35.4. The molecule has 3 aromatic rings. The number of anilines is 1. The molecule has 0 saturated heterocycles. The van der Waals surface area contributed by atoms with Gasteiger partial charge in [0.15, 0.2) is 0 Å². The first-order valence-electron chi connectivity index (χ1n) is 10.6. The van der Waals surface area contributed by atoms with E-state index in [0.717, 1.165) is 21.7 Å². The second kappa shape index (κ2) is 9.37. The number of aryl methyl sites for hydroxylation is 1. The highest BCUT2D eigenvalue weighted by molar-refractivity contribution is 7.16. The van der Waals surface area contributed by atoms with Crippen LogP contribution in [0.1, 0.15) is 52.3 Å². The second-order valence-corrected chi connectivity index (χ2v) is 9.24. The second-order valence-electron chi connectivity index (χ2n) is 8.14. The summed E-state index contributed by atoms with van der Waals surface area (Å²) in [7, 11) is 0. The van der Waals surface area contributed by atoms with Gasteiger partial charge in [-0.2, -0.15) is 5.26 Å². The van der Waals surface area contributed by atoms with Gasteiger partial charge in [0.05, 0.1) is 18.5 Å². The molecule has 1 aliphatic heterocycles. The van der Waals surface area contributed by atoms with Crippen LogP contribution in [0.15, 0.2) is 36.5 Å². The minimum Gasteiger partial charge on any atom is -0.346 e. The highest BCUT2D eigenvalue weighted by Gasteiger charge is 2.28. The van der Waals surface area contributed by atoms with Crippen LogP contribution < -0.4 is 5.32 Å².